The summed E-state index contributed by atoms with van der Waals surface area (Å²) >= 11 is 0. The molecule has 1 N–H and O–H groups in total. The number of nitro benzene ring substituents is 1. The first kappa shape index (κ1) is 12.5. The lowest BCUT2D eigenvalue weighted by Gasteiger charge is -2.21. The number of aliphatic carboxylic acids is 1. The summed E-state index contributed by atoms with van der Waals surface area (Å²) in [7, 11) is 0. The molecule has 0 radical (unpaired) electrons. The van der Waals surface area contributed by atoms with Crippen LogP contribution in [0.1, 0.15) is 12.0 Å². The van der Waals surface area contributed by atoms with Gasteiger partial charge in [-0.1, -0.05) is 18.2 Å². The third kappa shape index (κ3) is 2.19. The minimum Gasteiger partial charge on any atom is -0.481 e. The van der Waals surface area contributed by atoms with E-state index in [1.54, 1.807) is 18.2 Å². The summed E-state index contributed by atoms with van der Waals surface area (Å²) in [6.45, 7) is 0.487. The Kier molecular flexibility index (Phi) is 3.29. The first-order valence-electron chi connectivity index (χ1n) is 5.59. The molecular weight excluding hydrogens is 238 g/mol. The molecule has 18 heavy (non-hydrogen) atoms. The van der Waals surface area contributed by atoms with E-state index in [-0.39, 0.29) is 18.7 Å². The highest BCUT2D eigenvalue weighted by molar-refractivity contribution is 5.76. The summed E-state index contributed by atoms with van der Waals surface area (Å²) in [6, 6.07) is 6.23. The van der Waals surface area contributed by atoms with Crippen molar-refractivity contribution in [2.24, 2.45) is 5.41 Å². The Bertz CT molecular complexity index is 479. The molecule has 1 saturated heterocycles. The second-order valence-electron chi connectivity index (χ2n) is 4.45. The number of carboxylic acid groups (broad SMARTS) is 1. The average Bonchev–Trinajstić information content (AvgIpc) is 2.79. The van der Waals surface area contributed by atoms with Gasteiger partial charge in [0.15, 0.2) is 0 Å². The monoisotopic (exact) mass is 251 g/mol. The molecule has 1 fully saturated rings. The molecule has 1 aliphatic heterocycles. The summed E-state index contributed by atoms with van der Waals surface area (Å²) in [5, 5.41) is 20.2. The van der Waals surface area contributed by atoms with E-state index in [0.29, 0.717) is 18.6 Å². The lowest BCUT2D eigenvalue weighted by molar-refractivity contribution is -0.385. The van der Waals surface area contributed by atoms with Gasteiger partial charge in [0, 0.05) is 18.2 Å². The third-order valence-corrected chi connectivity index (χ3v) is 3.27. The van der Waals surface area contributed by atoms with Crippen molar-refractivity contribution in [3.05, 3.63) is 39.9 Å². The van der Waals surface area contributed by atoms with E-state index in [4.69, 9.17) is 4.74 Å². The number of carbonyl (C=O) groups is 1. The van der Waals surface area contributed by atoms with Crippen LogP contribution in [-0.2, 0) is 16.0 Å². The summed E-state index contributed by atoms with van der Waals surface area (Å²) < 4.78 is 5.14. The second-order valence-corrected chi connectivity index (χ2v) is 4.45. The summed E-state index contributed by atoms with van der Waals surface area (Å²) in [5.74, 6) is -0.960. The van der Waals surface area contributed by atoms with Crippen molar-refractivity contribution in [1.82, 2.24) is 0 Å². The van der Waals surface area contributed by atoms with Gasteiger partial charge in [0.1, 0.15) is 0 Å². The van der Waals surface area contributed by atoms with E-state index >= 15 is 0 Å². The van der Waals surface area contributed by atoms with Crippen LogP contribution in [0.5, 0.6) is 0 Å². The molecule has 96 valence electrons. The first-order valence-corrected chi connectivity index (χ1v) is 5.59. The minimum atomic E-state index is -1.04. The third-order valence-electron chi connectivity index (χ3n) is 3.27. The van der Waals surface area contributed by atoms with Crippen LogP contribution in [0.3, 0.4) is 0 Å². The minimum absolute atomic E-state index is 0.0370. The predicted octanol–water partition coefficient (Wildman–Crippen LogP) is 1.63. The molecule has 6 heteroatoms. The number of hydrogen-bond acceptors (Lipinski definition) is 4. The Labute approximate surface area is 103 Å². The Balaban J connectivity index is 2.33. The van der Waals surface area contributed by atoms with Crippen LogP contribution in [0, 0.1) is 15.5 Å². The second kappa shape index (κ2) is 4.73. The molecule has 1 aromatic carbocycles. The molecule has 0 saturated carbocycles. The molecule has 1 aliphatic rings. The molecule has 0 spiro atoms. The van der Waals surface area contributed by atoms with Gasteiger partial charge in [-0.15, -0.1) is 0 Å². The van der Waals surface area contributed by atoms with Crippen molar-refractivity contribution >= 4 is 11.7 Å². The number of ether oxygens (including phenoxy) is 1. The fourth-order valence-electron chi connectivity index (χ4n) is 2.19. The van der Waals surface area contributed by atoms with Gasteiger partial charge < -0.3 is 9.84 Å². The first-order chi connectivity index (χ1) is 8.55. The Morgan fingerprint density at radius 3 is 2.78 bits per heavy atom. The Morgan fingerprint density at radius 2 is 2.22 bits per heavy atom. The summed E-state index contributed by atoms with van der Waals surface area (Å²) in [6.07, 6.45) is 0.508. The van der Waals surface area contributed by atoms with Crippen LogP contribution < -0.4 is 0 Å². The van der Waals surface area contributed by atoms with E-state index in [1.165, 1.54) is 6.07 Å². The van der Waals surface area contributed by atoms with Gasteiger partial charge in [0.25, 0.3) is 5.69 Å². The van der Waals surface area contributed by atoms with E-state index in [1.807, 2.05) is 0 Å². The molecule has 0 aromatic heterocycles. The maximum absolute atomic E-state index is 11.4. The number of rotatable bonds is 4. The van der Waals surface area contributed by atoms with E-state index < -0.39 is 16.3 Å². The van der Waals surface area contributed by atoms with Gasteiger partial charge in [-0.3, -0.25) is 14.9 Å². The lowest BCUT2D eigenvalue weighted by atomic mass is 9.80. The number of nitro groups is 1. The maximum Gasteiger partial charge on any atom is 0.312 e. The Hall–Kier alpha value is -1.95. The predicted molar refractivity (Wildman–Crippen MR) is 62.3 cm³/mol. The van der Waals surface area contributed by atoms with E-state index in [9.17, 15) is 20.0 Å². The van der Waals surface area contributed by atoms with Crippen LogP contribution >= 0.6 is 0 Å². The molecule has 0 aliphatic carbocycles. The lowest BCUT2D eigenvalue weighted by Crippen LogP contribution is -2.34. The zero-order chi connectivity index (χ0) is 13.2. The van der Waals surface area contributed by atoms with Crippen molar-refractivity contribution in [2.45, 2.75) is 12.8 Å². The molecule has 1 unspecified atom stereocenters. The highest BCUT2D eigenvalue weighted by Gasteiger charge is 2.43. The zero-order valence-corrected chi connectivity index (χ0v) is 9.67. The van der Waals surface area contributed by atoms with Crippen molar-refractivity contribution in [3.63, 3.8) is 0 Å². The molecule has 1 aromatic rings. The molecule has 0 amide bonds. The van der Waals surface area contributed by atoms with Gasteiger partial charge in [0.2, 0.25) is 0 Å². The van der Waals surface area contributed by atoms with Gasteiger partial charge in [-0.25, -0.2) is 0 Å². The molecule has 6 nitrogen and oxygen atoms in total. The molecular formula is C12H13NO5. The fourth-order valence-corrected chi connectivity index (χ4v) is 2.19. The van der Waals surface area contributed by atoms with Gasteiger partial charge in [-0.05, 0) is 12.8 Å². The smallest absolute Gasteiger partial charge is 0.312 e. The van der Waals surface area contributed by atoms with Crippen molar-refractivity contribution in [1.29, 1.82) is 0 Å². The number of para-hydroxylation sites is 1. The van der Waals surface area contributed by atoms with E-state index in [0.717, 1.165) is 0 Å². The van der Waals surface area contributed by atoms with Crippen LogP contribution in [0.25, 0.3) is 0 Å². The van der Waals surface area contributed by atoms with Crippen LogP contribution in [0.4, 0.5) is 5.69 Å². The standard InChI is InChI=1S/C12H13NO5/c14-11(15)12(5-6-18-8-12)7-9-3-1-2-4-10(9)13(16)17/h1-4H,5-8H2,(H,14,15). The van der Waals surface area contributed by atoms with Gasteiger partial charge >= 0.3 is 5.97 Å². The quantitative estimate of drug-likeness (QED) is 0.648. The Morgan fingerprint density at radius 1 is 1.50 bits per heavy atom. The molecule has 1 heterocycles. The highest BCUT2D eigenvalue weighted by Crippen LogP contribution is 2.35. The highest BCUT2D eigenvalue weighted by atomic mass is 16.6. The van der Waals surface area contributed by atoms with Crippen LogP contribution in [0.2, 0.25) is 0 Å². The van der Waals surface area contributed by atoms with Crippen molar-refractivity contribution in [3.8, 4) is 0 Å². The fraction of sp³-hybridized carbons (Fsp3) is 0.417. The number of hydrogen-bond donors (Lipinski definition) is 1. The number of nitrogens with zero attached hydrogens (tertiary/aromatic N) is 1. The maximum atomic E-state index is 11.4. The largest absolute Gasteiger partial charge is 0.481 e. The SMILES string of the molecule is O=C(O)C1(Cc2ccccc2[N+](=O)[O-])CCOC1. The molecule has 2 rings (SSSR count). The number of benzene rings is 1. The summed E-state index contributed by atoms with van der Waals surface area (Å²) in [4.78, 5) is 21.8. The van der Waals surface area contributed by atoms with Gasteiger partial charge in [-0.2, -0.15) is 0 Å². The zero-order valence-electron chi connectivity index (χ0n) is 9.67. The van der Waals surface area contributed by atoms with Gasteiger partial charge in [0.05, 0.1) is 16.9 Å². The summed E-state index contributed by atoms with van der Waals surface area (Å²) in [5.41, 5.74) is -0.632. The average molecular weight is 251 g/mol. The molecule has 0 bridgehead atoms. The van der Waals surface area contributed by atoms with Crippen LogP contribution in [-0.4, -0.2) is 29.2 Å². The topological polar surface area (TPSA) is 89.7 Å². The van der Waals surface area contributed by atoms with Crippen LogP contribution in [0.15, 0.2) is 24.3 Å². The van der Waals surface area contributed by atoms with E-state index in [2.05, 4.69) is 0 Å². The van der Waals surface area contributed by atoms with Crippen molar-refractivity contribution < 1.29 is 19.6 Å². The normalized spacial score (nSPS) is 22.9. The molecule has 1 atom stereocenters. The van der Waals surface area contributed by atoms with Crippen molar-refractivity contribution in [2.75, 3.05) is 13.2 Å². The number of carboxylic acids is 1.